The van der Waals surface area contributed by atoms with Gasteiger partial charge in [0, 0.05) is 28.9 Å². The molecule has 0 aromatic heterocycles. The van der Waals surface area contributed by atoms with Crippen LogP contribution in [0.25, 0.3) is 0 Å². The van der Waals surface area contributed by atoms with Gasteiger partial charge in [0.05, 0.1) is 18.2 Å². The first-order chi connectivity index (χ1) is 14.9. The highest BCUT2D eigenvalue weighted by Crippen LogP contribution is 2.51. The second-order valence-corrected chi connectivity index (χ2v) is 8.10. The van der Waals surface area contributed by atoms with Crippen molar-refractivity contribution in [2.75, 3.05) is 19.1 Å². The molecule has 0 spiro atoms. The number of nitrogens with zero attached hydrogens (tertiary/aromatic N) is 1. The number of hydrogen-bond donors (Lipinski definition) is 0. The van der Waals surface area contributed by atoms with Gasteiger partial charge in [-0.15, -0.1) is 0 Å². The zero-order chi connectivity index (χ0) is 22.2. The van der Waals surface area contributed by atoms with Crippen LogP contribution in [-0.4, -0.2) is 25.9 Å². The summed E-state index contributed by atoms with van der Waals surface area (Å²) in [5.74, 6) is -1.84. The summed E-state index contributed by atoms with van der Waals surface area (Å²) in [6.07, 6.45) is 2.08. The summed E-state index contributed by atoms with van der Waals surface area (Å²) in [7, 11) is 3.21. The standard InChI is InChI=1S/C25H21ClFNO3/c1-28(25(13-14-25)18-6-8-19(26)9-7-18)20-10-3-16(4-11-20)23(29)17-5-12-22(27)21(15-17)24(30)31-2/h3-12,15H,13-14H2,1-2H3. The molecule has 4 nitrogen and oxygen atoms in total. The second kappa shape index (κ2) is 8.16. The van der Waals surface area contributed by atoms with E-state index in [9.17, 15) is 14.0 Å². The third-order valence-corrected chi connectivity index (χ3v) is 6.15. The van der Waals surface area contributed by atoms with Crippen LogP contribution in [0, 0.1) is 5.82 Å². The highest BCUT2D eigenvalue weighted by molar-refractivity contribution is 6.30. The molecule has 6 heteroatoms. The molecule has 0 bridgehead atoms. The van der Waals surface area contributed by atoms with Crippen molar-refractivity contribution in [2.24, 2.45) is 0 Å². The Hall–Kier alpha value is -3.18. The number of ether oxygens (including phenoxy) is 1. The monoisotopic (exact) mass is 437 g/mol. The van der Waals surface area contributed by atoms with Crippen molar-refractivity contribution in [3.05, 3.63) is 99.8 Å². The summed E-state index contributed by atoms with van der Waals surface area (Å²) in [4.78, 5) is 26.8. The van der Waals surface area contributed by atoms with Gasteiger partial charge >= 0.3 is 5.97 Å². The van der Waals surface area contributed by atoms with E-state index in [0.29, 0.717) is 10.6 Å². The van der Waals surface area contributed by atoms with E-state index >= 15 is 0 Å². The predicted octanol–water partition coefficient (Wildman–Crippen LogP) is 5.62. The quantitative estimate of drug-likeness (QED) is 0.371. The molecule has 0 unspecified atom stereocenters. The Kier molecular flexibility index (Phi) is 5.54. The fourth-order valence-electron chi connectivity index (χ4n) is 3.88. The number of rotatable bonds is 6. The van der Waals surface area contributed by atoms with E-state index in [1.54, 1.807) is 12.1 Å². The fourth-order valence-corrected chi connectivity index (χ4v) is 4.01. The summed E-state index contributed by atoms with van der Waals surface area (Å²) in [6.45, 7) is 0. The van der Waals surface area contributed by atoms with Crippen LogP contribution in [0.15, 0.2) is 66.7 Å². The maximum atomic E-state index is 13.9. The van der Waals surface area contributed by atoms with E-state index in [0.717, 1.165) is 24.6 Å². The molecule has 0 amide bonds. The van der Waals surface area contributed by atoms with Crippen molar-refractivity contribution in [3.8, 4) is 0 Å². The molecule has 1 aliphatic rings. The molecular weight excluding hydrogens is 417 g/mol. The Morgan fingerprint density at radius 2 is 1.58 bits per heavy atom. The molecule has 0 saturated heterocycles. The summed E-state index contributed by atoms with van der Waals surface area (Å²) in [5, 5.41) is 0.709. The lowest BCUT2D eigenvalue weighted by Gasteiger charge is -2.31. The van der Waals surface area contributed by atoms with Gasteiger partial charge < -0.3 is 9.64 Å². The molecule has 0 N–H and O–H groups in total. The number of carbonyl (C=O) groups is 2. The number of esters is 1. The maximum absolute atomic E-state index is 13.9. The van der Waals surface area contributed by atoms with Gasteiger partial charge in [-0.3, -0.25) is 4.79 Å². The van der Waals surface area contributed by atoms with E-state index in [1.807, 2.05) is 31.3 Å². The Morgan fingerprint density at radius 1 is 0.968 bits per heavy atom. The Morgan fingerprint density at radius 3 is 2.16 bits per heavy atom. The van der Waals surface area contributed by atoms with Crippen LogP contribution in [0.2, 0.25) is 5.02 Å². The number of ketones is 1. The smallest absolute Gasteiger partial charge is 0.340 e. The van der Waals surface area contributed by atoms with Gasteiger partial charge in [-0.1, -0.05) is 23.7 Å². The van der Waals surface area contributed by atoms with Gasteiger partial charge in [-0.25, -0.2) is 9.18 Å². The summed E-state index contributed by atoms with van der Waals surface area (Å²) in [6, 6.07) is 18.9. The van der Waals surface area contributed by atoms with Crippen LogP contribution in [-0.2, 0) is 10.3 Å². The largest absolute Gasteiger partial charge is 0.465 e. The molecule has 1 saturated carbocycles. The van der Waals surface area contributed by atoms with Crippen LogP contribution in [0.1, 0.15) is 44.7 Å². The SMILES string of the molecule is COC(=O)c1cc(C(=O)c2ccc(N(C)C3(c4ccc(Cl)cc4)CC3)cc2)ccc1F. The lowest BCUT2D eigenvalue weighted by molar-refractivity contribution is 0.0595. The maximum Gasteiger partial charge on any atom is 0.340 e. The van der Waals surface area contributed by atoms with Crippen LogP contribution in [0.3, 0.4) is 0 Å². The third-order valence-electron chi connectivity index (χ3n) is 5.90. The molecule has 0 atom stereocenters. The van der Waals surface area contributed by atoms with Gasteiger partial charge in [0.2, 0.25) is 0 Å². The van der Waals surface area contributed by atoms with Gasteiger partial charge in [0.25, 0.3) is 0 Å². The van der Waals surface area contributed by atoms with Gasteiger partial charge in [-0.2, -0.15) is 0 Å². The van der Waals surface area contributed by atoms with Crippen molar-refractivity contribution in [3.63, 3.8) is 0 Å². The highest BCUT2D eigenvalue weighted by atomic mass is 35.5. The number of anilines is 1. The van der Waals surface area contributed by atoms with Crippen molar-refractivity contribution >= 4 is 29.0 Å². The molecule has 31 heavy (non-hydrogen) atoms. The van der Waals surface area contributed by atoms with E-state index in [1.165, 1.54) is 24.8 Å². The van der Waals surface area contributed by atoms with Crippen LogP contribution < -0.4 is 4.90 Å². The van der Waals surface area contributed by atoms with Crippen molar-refractivity contribution in [1.82, 2.24) is 0 Å². The Balaban J connectivity index is 1.56. The number of carbonyl (C=O) groups excluding carboxylic acids is 2. The van der Waals surface area contributed by atoms with Gasteiger partial charge in [0.1, 0.15) is 5.82 Å². The Labute approximate surface area is 185 Å². The van der Waals surface area contributed by atoms with E-state index in [4.69, 9.17) is 11.6 Å². The van der Waals surface area contributed by atoms with Crippen molar-refractivity contribution < 1.29 is 18.7 Å². The summed E-state index contributed by atoms with van der Waals surface area (Å²) >= 11 is 6.03. The van der Waals surface area contributed by atoms with Crippen LogP contribution in [0.4, 0.5) is 10.1 Å². The number of benzene rings is 3. The molecule has 0 heterocycles. The van der Waals surface area contributed by atoms with Gasteiger partial charge in [0.15, 0.2) is 5.78 Å². The lowest BCUT2D eigenvalue weighted by atomic mass is 9.99. The molecule has 3 aromatic rings. The first kappa shape index (κ1) is 21.1. The second-order valence-electron chi connectivity index (χ2n) is 7.66. The average Bonchev–Trinajstić information content (AvgIpc) is 3.60. The van der Waals surface area contributed by atoms with Crippen LogP contribution >= 0.6 is 11.6 Å². The Bertz CT molecular complexity index is 1140. The normalized spacial score (nSPS) is 14.1. The molecular formula is C25H21ClFNO3. The van der Waals surface area contributed by atoms with Crippen molar-refractivity contribution in [1.29, 1.82) is 0 Å². The lowest BCUT2D eigenvalue weighted by Crippen LogP contribution is -2.31. The summed E-state index contributed by atoms with van der Waals surface area (Å²) < 4.78 is 18.4. The topological polar surface area (TPSA) is 46.6 Å². The first-order valence-electron chi connectivity index (χ1n) is 9.88. The number of halogens is 2. The molecule has 4 rings (SSSR count). The minimum absolute atomic E-state index is 0.0670. The predicted molar refractivity (Wildman–Crippen MR) is 118 cm³/mol. The molecule has 1 aliphatic carbocycles. The zero-order valence-corrected chi connectivity index (χ0v) is 17.9. The average molecular weight is 438 g/mol. The molecule has 1 fully saturated rings. The van der Waals surface area contributed by atoms with E-state index in [2.05, 4.69) is 21.8 Å². The first-order valence-corrected chi connectivity index (χ1v) is 10.3. The minimum atomic E-state index is -0.818. The van der Waals surface area contributed by atoms with Gasteiger partial charge in [-0.05, 0) is 73.0 Å². The number of methoxy groups -OCH3 is 1. The molecule has 0 aliphatic heterocycles. The molecule has 3 aromatic carbocycles. The molecule has 0 radical (unpaired) electrons. The minimum Gasteiger partial charge on any atom is -0.465 e. The zero-order valence-electron chi connectivity index (χ0n) is 17.2. The fraction of sp³-hybridized carbons (Fsp3) is 0.200. The van der Waals surface area contributed by atoms with Crippen LogP contribution in [0.5, 0.6) is 0 Å². The van der Waals surface area contributed by atoms with E-state index < -0.39 is 11.8 Å². The molecule has 158 valence electrons. The summed E-state index contributed by atoms with van der Waals surface area (Å²) in [5.41, 5.74) is 2.55. The van der Waals surface area contributed by atoms with Crippen molar-refractivity contribution in [2.45, 2.75) is 18.4 Å². The number of hydrogen-bond acceptors (Lipinski definition) is 4. The highest BCUT2D eigenvalue weighted by Gasteiger charge is 2.48. The third kappa shape index (κ3) is 3.93. The van der Waals surface area contributed by atoms with E-state index in [-0.39, 0.29) is 22.4 Å².